The van der Waals surface area contributed by atoms with E-state index in [0.717, 1.165) is 19.3 Å². The SMILES string of the molecule is O=C(NC1CCCNC1=O)c1cc(=O)[nH]c(C2CC2)n1. The summed E-state index contributed by atoms with van der Waals surface area (Å²) in [5, 5.41) is 5.33. The van der Waals surface area contributed by atoms with Crippen molar-refractivity contribution in [1.29, 1.82) is 0 Å². The molecular weight excluding hydrogens is 260 g/mol. The molecule has 1 aliphatic heterocycles. The fourth-order valence-corrected chi connectivity index (χ4v) is 2.28. The van der Waals surface area contributed by atoms with Crippen LogP contribution in [0.25, 0.3) is 0 Å². The smallest absolute Gasteiger partial charge is 0.270 e. The number of carbonyl (C=O) groups excluding carboxylic acids is 2. The van der Waals surface area contributed by atoms with E-state index in [2.05, 4.69) is 20.6 Å². The molecule has 106 valence electrons. The molecule has 1 atom stereocenters. The van der Waals surface area contributed by atoms with Crippen LogP contribution in [0.5, 0.6) is 0 Å². The van der Waals surface area contributed by atoms with Gasteiger partial charge in [-0.25, -0.2) is 4.98 Å². The molecule has 2 heterocycles. The van der Waals surface area contributed by atoms with Crippen molar-refractivity contribution < 1.29 is 9.59 Å². The van der Waals surface area contributed by atoms with Crippen molar-refractivity contribution in [3.63, 3.8) is 0 Å². The Morgan fingerprint density at radius 1 is 1.30 bits per heavy atom. The van der Waals surface area contributed by atoms with Crippen molar-refractivity contribution in [3.05, 3.63) is 27.9 Å². The van der Waals surface area contributed by atoms with Crippen molar-refractivity contribution in [2.45, 2.75) is 37.6 Å². The number of amides is 2. The molecule has 20 heavy (non-hydrogen) atoms. The first kappa shape index (κ1) is 12.8. The Bertz CT molecular complexity index is 606. The van der Waals surface area contributed by atoms with Crippen molar-refractivity contribution in [1.82, 2.24) is 20.6 Å². The minimum atomic E-state index is -0.540. The third kappa shape index (κ3) is 2.71. The van der Waals surface area contributed by atoms with E-state index in [4.69, 9.17) is 0 Å². The lowest BCUT2D eigenvalue weighted by atomic mass is 10.1. The Labute approximate surface area is 115 Å². The molecule has 7 heteroatoms. The number of hydrogen-bond donors (Lipinski definition) is 3. The molecule has 2 fully saturated rings. The number of aromatic amines is 1. The molecule has 2 aliphatic rings. The molecule has 1 aromatic heterocycles. The lowest BCUT2D eigenvalue weighted by molar-refractivity contribution is -0.124. The lowest BCUT2D eigenvalue weighted by Gasteiger charge is -2.22. The van der Waals surface area contributed by atoms with Crippen LogP contribution in [0.3, 0.4) is 0 Å². The van der Waals surface area contributed by atoms with Gasteiger partial charge in [-0.3, -0.25) is 14.4 Å². The fourth-order valence-electron chi connectivity index (χ4n) is 2.28. The van der Waals surface area contributed by atoms with E-state index >= 15 is 0 Å². The number of rotatable bonds is 3. The minimum Gasteiger partial charge on any atom is -0.354 e. The maximum Gasteiger partial charge on any atom is 0.270 e. The predicted octanol–water partition coefficient (Wildman–Crippen LogP) is -0.344. The molecular formula is C13H16N4O3. The van der Waals surface area contributed by atoms with Crippen LogP contribution >= 0.6 is 0 Å². The van der Waals surface area contributed by atoms with E-state index in [1.54, 1.807) is 0 Å². The van der Waals surface area contributed by atoms with E-state index in [0.29, 0.717) is 18.8 Å². The molecule has 0 aromatic carbocycles. The van der Waals surface area contributed by atoms with Gasteiger partial charge in [-0.1, -0.05) is 0 Å². The van der Waals surface area contributed by atoms with Crippen molar-refractivity contribution in [2.75, 3.05) is 6.54 Å². The number of hydrogen-bond acceptors (Lipinski definition) is 4. The zero-order valence-electron chi connectivity index (χ0n) is 10.9. The highest BCUT2D eigenvalue weighted by molar-refractivity contribution is 5.96. The number of H-pyrrole nitrogens is 1. The lowest BCUT2D eigenvalue weighted by Crippen LogP contribution is -2.50. The highest BCUT2D eigenvalue weighted by Crippen LogP contribution is 2.37. The van der Waals surface area contributed by atoms with Crippen molar-refractivity contribution in [3.8, 4) is 0 Å². The molecule has 1 aromatic rings. The minimum absolute atomic E-state index is 0.0778. The molecule has 1 saturated heterocycles. The third-order valence-corrected chi connectivity index (χ3v) is 3.55. The number of nitrogens with zero attached hydrogens (tertiary/aromatic N) is 1. The van der Waals surface area contributed by atoms with Gasteiger partial charge in [0.05, 0.1) is 0 Å². The highest BCUT2D eigenvalue weighted by Gasteiger charge is 2.28. The summed E-state index contributed by atoms with van der Waals surface area (Å²) in [6.07, 6.45) is 3.40. The predicted molar refractivity (Wildman–Crippen MR) is 70.3 cm³/mol. The molecule has 3 N–H and O–H groups in total. The largest absolute Gasteiger partial charge is 0.354 e. The summed E-state index contributed by atoms with van der Waals surface area (Å²) >= 11 is 0. The first-order chi connectivity index (χ1) is 9.63. The van der Waals surface area contributed by atoms with Crippen molar-refractivity contribution >= 4 is 11.8 Å². The Kier molecular flexibility index (Phi) is 3.25. The summed E-state index contributed by atoms with van der Waals surface area (Å²) in [6.45, 7) is 0.639. The summed E-state index contributed by atoms with van der Waals surface area (Å²) < 4.78 is 0. The zero-order valence-corrected chi connectivity index (χ0v) is 10.9. The van der Waals surface area contributed by atoms with Crippen LogP contribution in [0.15, 0.2) is 10.9 Å². The van der Waals surface area contributed by atoms with E-state index in [1.807, 2.05) is 0 Å². The van der Waals surface area contributed by atoms with Gasteiger partial charge in [-0.05, 0) is 25.7 Å². The summed E-state index contributed by atoms with van der Waals surface area (Å²) in [6, 6.07) is 0.629. The standard InChI is InChI=1S/C13H16N4O3/c18-10-6-9(15-11(17-10)7-3-4-7)13(20)16-8-2-1-5-14-12(8)19/h6-8H,1-5H2,(H,14,19)(H,16,20)(H,15,17,18). The second-order valence-electron chi connectivity index (χ2n) is 5.25. The van der Waals surface area contributed by atoms with Crippen LogP contribution in [0.2, 0.25) is 0 Å². The van der Waals surface area contributed by atoms with Crippen LogP contribution in [0.1, 0.15) is 47.9 Å². The molecule has 0 bridgehead atoms. The highest BCUT2D eigenvalue weighted by atomic mass is 16.2. The molecule has 7 nitrogen and oxygen atoms in total. The quantitative estimate of drug-likeness (QED) is 0.702. The van der Waals surface area contributed by atoms with Gasteiger partial charge in [-0.2, -0.15) is 0 Å². The summed E-state index contributed by atoms with van der Waals surface area (Å²) in [5.41, 5.74) is -0.255. The van der Waals surface area contributed by atoms with Gasteiger partial charge in [0.25, 0.3) is 11.5 Å². The Hall–Kier alpha value is -2.18. The van der Waals surface area contributed by atoms with Gasteiger partial charge in [-0.15, -0.1) is 0 Å². The molecule has 3 rings (SSSR count). The second kappa shape index (κ2) is 5.07. The monoisotopic (exact) mass is 276 g/mol. The van der Waals surface area contributed by atoms with Gasteiger partial charge in [0, 0.05) is 18.5 Å². The van der Waals surface area contributed by atoms with Crippen LogP contribution in [-0.2, 0) is 4.79 Å². The summed E-state index contributed by atoms with van der Waals surface area (Å²) in [5.74, 6) is 0.168. The number of carbonyl (C=O) groups is 2. The van der Waals surface area contributed by atoms with Gasteiger partial charge >= 0.3 is 0 Å². The van der Waals surface area contributed by atoms with Crippen molar-refractivity contribution in [2.24, 2.45) is 0 Å². The molecule has 1 aliphatic carbocycles. The molecule has 0 spiro atoms. The van der Waals surface area contributed by atoms with Gasteiger partial charge < -0.3 is 15.6 Å². The normalized spacial score (nSPS) is 22.2. The molecule has 0 radical (unpaired) electrons. The molecule has 1 unspecified atom stereocenters. The third-order valence-electron chi connectivity index (χ3n) is 3.55. The van der Waals surface area contributed by atoms with Crippen LogP contribution < -0.4 is 16.2 Å². The van der Waals surface area contributed by atoms with Gasteiger partial charge in [0.2, 0.25) is 5.91 Å². The number of nitrogens with one attached hydrogen (secondary N) is 3. The second-order valence-corrected chi connectivity index (χ2v) is 5.25. The van der Waals surface area contributed by atoms with E-state index in [9.17, 15) is 14.4 Å². The number of aromatic nitrogens is 2. The van der Waals surface area contributed by atoms with Crippen LogP contribution in [-0.4, -0.2) is 34.4 Å². The van der Waals surface area contributed by atoms with Crippen LogP contribution in [0.4, 0.5) is 0 Å². The van der Waals surface area contributed by atoms with Gasteiger partial charge in [0.15, 0.2) is 0 Å². The average molecular weight is 276 g/mol. The van der Waals surface area contributed by atoms with Gasteiger partial charge in [0.1, 0.15) is 17.6 Å². The molecule has 2 amide bonds. The average Bonchev–Trinajstić information content (AvgIpc) is 3.25. The zero-order chi connectivity index (χ0) is 14.1. The maximum absolute atomic E-state index is 12.1. The Balaban J connectivity index is 1.76. The Morgan fingerprint density at radius 2 is 2.10 bits per heavy atom. The van der Waals surface area contributed by atoms with E-state index < -0.39 is 11.9 Å². The number of piperidine rings is 1. The van der Waals surface area contributed by atoms with Crippen LogP contribution in [0, 0.1) is 0 Å². The summed E-state index contributed by atoms with van der Waals surface area (Å²) in [7, 11) is 0. The first-order valence-electron chi connectivity index (χ1n) is 6.83. The summed E-state index contributed by atoms with van der Waals surface area (Å²) in [4.78, 5) is 42.1. The van der Waals surface area contributed by atoms with E-state index in [1.165, 1.54) is 6.07 Å². The fraction of sp³-hybridized carbons (Fsp3) is 0.538. The van der Waals surface area contributed by atoms with E-state index in [-0.39, 0.29) is 23.1 Å². The molecule has 1 saturated carbocycles. The Morgan fingerprint density at radius 3 is 2.80 bits per heavy atom. The topological polar surface area (TPSA) is 104 Å². The first-order valence-corrected chi connectivity index (χ1v) is 6.83. The maximum atomic E-state index is 12.1.